The second-order valence-electron chi connectivity index (χ2n) is 4.76. The van der Waals surface area contributed by atoms with E-state index in [0.29, 0.717) is 18.6 Å². The Morgan fingerprint density at radius 1 is 1.36 bits per heavy atom. The van der Waals surface area contributed by atoms with Crippen LogP contribution in [0.4, 0.5) is 0 Å². The number of hydrogen-bond acceptors (Lipinski definition) is 2. The third-order valence-electron chi connectivity index (χ3n) is 2.02. The van der Waals surface area contributed by atoms with Gasteiger partial charge in [-0.2, -0.15) is 0 Å². The first kappa shape index (κ1) is 13.4. The average Bonchev–Trinajstić information content (AvgIpc) is 2.09. The number of rotatable bonds is 6. The van der Waals surface area contributed by atoms with Gasteiger partial charge >= 0.3 is 5.97 Å². The summed E-state index contributed by atoms with van der Waals surface area (Å²) in [6.45, 7) is 13.0. The Bertz CT molecular complexity index is 204. The summed E-state index contributed by atoms with van der Waals surface area (Å²) in [6.07, 6.45) is 1.66. The van der Waals surface area contributed by atoms with Crippen molar-refractivity contribution in [1.82, 2.24) is 0 Å². The highest BCUT2D eigenvalue weighted by atomic mass is 28.3. The topological polar surface area (TPSA) is 26.3 Å². The van der Waals surface area contributed by atoms with Crippen LogP contribution in [-0.2, 0) is 9.53 Å². The largest absolute Gasteiger partial charge is 0.462 e. The predicted molar refractivity (Wildman–Crippen MR) is 63.2 cm³/mol. The number of hydrogen-bond donors (Lipinski definition) is 0. The first-order chi connectivity index (χ1) is 6.37. The zero-order valence-corrected chi connectivity index (χ0v) is 10.9. The Morgan fingerprint density at radius 2 is 1.93 bits per heavy atom. The van der Waals surface area contributed by atoms with E-state index < -0.39 is 8.07 Å². The smallest absolute Gasteiger partial charge is 0.333 e. The highest BCUT2D eigenvalue weighted by Crippen LogP contribution is 2.11. The lowest BCUT2D eigenvalue weighted by molar-refractivity contribution is -0.139. The maximum absolute atomic E-state index is 11.2. The molecule has 0 atom stereocenters. The van der Waals surface area contributed by atoms with E-state index in [4.69, 9.17) is 4.74 Å². The Kier molecular flexibility index (Phi) is 5.77. The molecule has 0 unspecified atom stereocenters. The van der Waals surface area contributed by atoms with Crippen LogP contribution in [0, 0.1) is 0 Å². The lowest BCUT2D eigenvalue weighted by atomic mass is 10.2. The maximum Gasteiger partial charge on any atom is 0.333 e. The molecule has 0 saturated carbocycles. The molecule has 0 aromatic rings. The monoisotopic (exact) mass is 214 g/mol. The molecule has 0 aromatic heterocycles. The van der Waals surface area contributed by atoms with Crippen molar-refractivity contribution in [1.29, 1.82) is 0 Å². The van der Waals surface area contributed by atoms with Crippen LogP contribution in [0.25, 0.3) is 0 Å². The van der Waals surface area contributed by atoms with Crippen molar-refractivity contribution < 1.29 is 9.53 Å². The molecule has 0 aliphatic heterocycles. The van der Waals surface area contributed by atoms with E-state index >= 15 is 0 Å². The minimum absolute atomic E-state index is 0.233. The summed E-state index contributed by atoms with van der Waals surface area (Å²) in [5, 5.41) is 0. The third-order valence-corrected chi connectivity index (χ3v) is 3.87. The molecule has 0 amide bonds. The molecule has 0 rings (SSSR count). The Morgan fingerprint density at radius 3 is 2.36 bits per heavy atom. The van der Waals surface area contributed by atoms with Crippen molar-refractivity contribution in [3.8, 4) is 0 Å². The third kappa shape index (κ3) is 6.89. The lowest BCUT2D eigenvalue weighted by Crippen LogP contribution is -2.20. The van der Waals surface area contributed by atoms with Gasteiger partial charge in [0, 0.05) is 13.6 Å². The van der Waals surface area contributed by atoms with Crippen LogP contribution in [0.1, 0.15) is 19.8 Å². The van der Waals surface area contributed by atoms with E-state index in [1.165, 1.54) is 6.04 Å². The van der Waals surface area contributed by atoms with Crippen molar-refractivity contribution in [2.24, 2.45) is 0 Å². The molecule has 82 valence electrons. The Hall–Kier alpha value is -0.573. The van der Waals surface area contributed by atoms with Crippen LogP contribution >= 0.6 is 0 Å². The summed E-state index contributed by atoms with van der Waals surface area (Å²) in [7, 11) is -0.978. The molecule has 0 aromatic carbocycles. The second-order valence-corrected chi connectivity index (χ2v) is 10.4. The number of esters is 1. The Balaban J connectivity index is 3.56. The van der Waals surface area contributed by atoms with Crippen molar-refractivity contribution in [3.63, 3.8) is 0 Å². The SMILES string of the molecule is C=C(CC)C(=O)OCCC[Si](C)(C)C. The molecule has 0 heterocycles. The summed E-state index contributed by atoms with van der Waals surface area (Å²) in [6, 6.07) is 1.21. The van der Waals surface area contributed by atoms with Gasteiger partial charge in [-0.05, 0) is 12.8 Å². The number of carbonyl (C=O) groups excluding carboxylic acids is 1. The van der Waals surface area contributed by atoms with Gasteiger partial charge in [-0.15, -0.1) is 0 Å². The molecule has 0 aliphatic carbocycles. The molecule has 0 fully saturated rings. The van der Waals surface area contributed by atoms with E-state index in [1.807, 2.05) is 6.92 Å². The van der Waals surface area contributed by atoms with Gasteiger partial charge in [-0.25, -0.2) is 4.79 Å². The normalized spacial score (nSPS) is 11.1. The molecule has 0 radical (unpaired) electrons. The van der Waals surface area contributed by atoms with Crippen molar-refractivity contribution in [2.45, 2.75) is 45.5 Å². The molecule has 14 heavy (non-hydrogen) atoms. The van der Waals surface area contributed by atoms with Gasteiger partial charge in [0.15, 0.2) is 0 Å². The molecule has 3 heteroatoms. The van der Waals surface area contributed by atoms with Crippen LogP contribution in [-0.4, -0.2) is 20.7 Å². The maximum atomic E-state index is 11.2. The standard InChI is InChI=1S/C11H22O2Si/c1-6-10(2)11(12)13-8-7-9-14(3,4)5/h2,6-9H2,1,3-5H3. The molecule has 2 nitrogen and oxygen atoms in total. The minimum atomic E-state index is -0.978. The quantitative estimate of drug-likeness (QED) is 0.294. The average molecular weight is 214 g/mol. The number of carbonyl (C=O) groups is 1. The van der Waals surface area contributed by atoms with E-state index in [9.17, 15) is 4.79 Å². The van der Waals surface area contributed by atoms with Gasteiger partial charge in [0.25, 0.3) is 0 Å². The van der Waals surface area contributed by atoms with E-state index in [-0.39, 0.29) is 5.97 Å². The van der Waals surface area contributed by atoms with Crippen LogP contribution < -0.4 is 0 Å². The minimum Gasteiger partial charge on any atom is -0.462 e. The molecule has 0 bridgehead atoms. The Labute approximate surface area is 88.4 Å². The van der Waals surface area contributed by atoms with Crippen LogP contribution in [0.5, 0.6) is 0 Å². The summed E-state index contributed by atoms with van der Waals surface area (Å²) in [5.41, 5.74) is 0.568. The lowest BCUT2D eigenvalue weighted by Gasteiger charge is -2.15. The number of ether oxygens (including phenoxy) is 1. The van der Waals surface area contributed by atoms with Gasteiger partial charge in [-0.3, -0.25) is 0 Å². The molecule has 0 N–H and O–H groups in total. The molecular weight excluding hydrogens is 192 g/mol. The van der Waals surface area contributed by atoms with Crippen LogP contribution in [0.3, 0.4) is 0 Å². The van der Waals surface area contributed by atoms with Crippen molar-refractivity contribution in [3.05, 3.63) is 12.2 Å². The molecule has 0 aliphatic rings. The highest BCUT2D eigenvalue weighted by Gasteiger charge is 2.12. The molecule has 0 spiro atoms. The summed E-state index contributed by atoms with van der Waals surface area (Å²) in [4.78, 5) is 11.2. The molecule has 0 saturated heterocycles. The second kappa shape index (κ2) is 6.01. The highest BCUT2D eigenvalue weighted by molar-refractivity contribution is 6.76. The zero-order chi connectivity index (χ0) is 11.2. The summed E-state index contributed by atoms with van der Waals surface area (Å²) in [5.74, 6) is -0.233. The first-order valence-electron chi connectivity index (χ1n) is 5.21. The van der Waals surface area contributed by atoms with Gasteiger partial charge in [0.2, 0.25) is 0 Å². The first-order valence-corrected chi connectivity index (χ1v) is 8.92. The van der Waals surface area contributed by atoms with Gasteiger partial charge in [0.05, 0.1) is 6.61 Å². The van der Waals surface area contributed by atoms with Gasteiger partial charge in [0.1, 0.15) is 0 Å². The fraction of sp³-hybridized carbons (Fsp3) is 0.727. The van der Waals surface area contributed by atoms with Gasteiger partial charge < -0.3 is 4.74 Å². The van der Waals surface area contributed by atoms with Crippen molar-refractivity contribution >= 4 is 14.0 Å². The fourth-order valence-corrected chi connectivity index (χ4v) is 2.22. The van der Waals surface area contributed by atoms with Crippen LogP contribution in [0.2, 0.25) is 25.7 Å². The van der Waals surface area contributed by atoms with E-state index in [2.05, 4.69) is 26.2 Å². The molecular formula is C11H22O2Si. The van der Waals surface area contributed by atoms with E-state index in [0.717, 1.165) is 6.42 Å². The fourth-order valence-electron chi connectivity index (χ4n) is 1.01. The predicted octanol–water partition coefficient (Wildman–Crippen LogP) is 3.22. The van der Waals surface area contributed by atoms with Crippen molar-refractivity contribution in [2.75, 3.05) is 6.61 Å². The summed E-state index contributed by atoms with van der Waals surface area (Å²) < 4.78 is 5.07. The van der Waals surface area contributed by atoms with E-state index in [1.54, 1.807) is 0 Å². The summed E-state index contributed by atoms with van der Waals surface area (Å²) >= 11 is 0. The van der Waals surface area contributed by atoms with Gasteiger partial charge in [-0.1, -0.05) is 39.2 Å². The zero-order valence-electron chi connectivity index (χ0n) is 9.85. The van der Waals surface area contributed by atoms with Crippen LogP contribution in [0.15, 0.2) is 12.2 Å².